The highest BCUT2D eigenvalue weighted by Gasteiger charge is 2.19. The first kappa shape index (κ1) is 13.7. The van der Waals surface area contributed by atoms with Crippen molar-refractivity contribution in [3.63, 3.8) is 0 Å². The van der Waals surface area contributed by atoms with Gasteiger partial charge in [-0.2, -0.15) is 0 Å². The topological polar surface area (TPSA) is 50.2 Å². The summed E-state index contributed by atoms with van der Waals surface area (Å²) in [5.41, 5.74) is 3.41. The molecule has 2 amide bonds. The molecular weight excluding hydrogens is 264 g/mol. The van der Waals surface area contributed by atoms with Crippen LogP contribution in [0.5, 0.6) is 0 Å². The third-order valence-electron chi connectivity index (χ3n) is 3.93. The Hall–Kier alpha value is -2.30. The largest absolute Gasteiger partial charge is 0.348 e. The van der Waals surface area contributed by atoms with Crippen LogP contribution in [0.1, 0.15) is 17.0 Å². The molecule has 0 spiro atoms. The predicted molar refractivity (Wildman–Crippen MR) is 80.9 cm³/mol. The summed E-state index contributed by atoms with van der Waals surface area (Å²) in [7, 11) is 0. The minimum Gasteiger partial charge on any atom is -0.348 e. The highest BCUT2D eigenvalue weighted by atomic mass is 16.2. The molecule has 0 unspecified atom stereocenters. The number of rotatable bonds is 3. The lowest BCUT2D eigenvalue weighted by atomic mass is 10.2. The Kier molecular flexibility index (Phi) is 3.90. The maximum Gasteiger partial charge on any atom is 0.317 e. The Morgan fingerprint density at radius 1 is 1.33 bits per heavy atom. The Morgan fingerprint density at radius 2 is 2.24 bits per heavy atom. The molecule has 0 bridgehead atoms. The van der Waals surface area contributed by atoms with Gasteiger partial charge in [-0.05, 0) is 30.7 Å². The van der Waals surface area contributed by atoms with E-state index in [1.54, 1.807) is 6.20 Å². The summed E-state index contributed by atoms with van der Waals surface area (Å²) in [6.07, 6.45) is 4.63. The molecule has 2 aromatic heterocycles. The van der Waals surface area contributed by atoms with Crippen molar-refractivity contribution < 1.29 is 4.79 Å². The van der Waals surface area contributed by atoms with E-state index in [1.165, 1.54) is 11.3 Å². The van der Waals surface area contributed by atoms with E-state index in [2.05, 4.69) is 27.1 Å². The summed E-state index contributed by atoms with van der Waals surface area (Å²) in [5, 5.41) is 2.99. The molecule has 1 N–H and O–H groups in total. The van der Waals surface area contributed by atoms with Gasteiger partial charge < -0.3 is 14.8 Å². The van der Waals surface area contributed by atoms with Gasteiger partial charge in [-0.15, -0.1) is 0 Å². The molecule has 0 saturated heterocycles. The molecule has 3 heterocycles. The number of aryl methyl sites for hydroxylation is 1. The maximum atomic E-state index is 12.2. The van der Waals surface area contributed by atoms with E-state index >= 15 is 0 Å². The van der Waals surface area contributed by atoms with Gasteiger partial charge in [0.05, 0.1) is 6.54 Å². The van der Waals surface area contributed by atoms with E-state index in [9.17, 15) is 4.79 Å². The molecule has 2 aromatic rings. The molecule has 0 saturated carbocycles. The lowest BCUT2D eigenvalue weighted by molar-refractivity contribution is 0.183. The minimum absolute atomic E-state index is 0.0102. The van der Waals surface area contributed by atoms with Gasteiger partial charge in [0.1, 0.15) is 0 Å². The average molecular weight is 284 g/mol. The first-order valence-electron chi connectivity index (χ1n) is 7.31. The van der Waals surface area contributed by atoms with Crippen molar-refractivity contribution in [1.29, 1.82) is 0 Å². The SMILES string of the molecule is Cc1cccnc1CCNC(=O)N1CCn2cccc2C1. The standard InChI is InChI=1S/C16H20N4O/c1-13-4-2-7-17-15(13)6-8-18-16(21)20-11-10-19-9-3-5-14(19)12-20/h2-5,7,9H,6,8,10-12H2,1H3,(H,18,21). The van der Waals surface area contributed by atoms with Crippen LogP contribution in [0.2, 0.25) is 0 Å². The molecular formula is C16H20N4O. The van der Waals surface area contributed by atoms with Crippen molar-refractivity contribution in [2.45, 2.75) is 26.4 Å². The van der Waals surface area contributed by atoms with Crippen LogP contribution in [-0.2, 0) is 19.5 Å². The summed E-state index contributed by atoms with van der Waals surface area (Å²) in [6, 6.07) is 8.08. The minimum atomic E-state index is 0.0102. The molecule has 0 atom stereocenters. The summed E-state index contributed by atoms with van der Waals surface area (Å²) in [6.45, 7) is 4.98. The van der Waals surface area contributed by atoms with Crippen LogP contribution in [0, 0.1) is 6.92 Å². The second-order valence-electron chi connectivity index (χ2n) is 5.36. The number of urea groups is 1. The van der Waals surface area contributed by atoms with Gasteiger partial charge in [0, 0.05) is 49.8 Å². The van der Waals surface area contributed by atoms with Gasteiger partial charge in [-0.25, -0.2) is 4.79 Å². The predicted octanol–water partition coefficient (Wildman–Crippen LogP) is 1.96. The second-order valence-corrected chi connectivity index (χ2v) is 5.36. The molecule has 0 fully saturated rings. The molecule has 1 aliphatic heterocycles. The van der Waals surface area contributed by atoms with Gasteiger partial charge in [-0.1, -0.05) is 6.07 Å². The molecule has 110 valence electrons. The van der Waals surface area contributed by atoms with Crippen LogP contribution >= 0.6 is 0 Å². The lowest BCUT2D eigenvalue weighted by Crippen LogP contribution is -2.44. The van der Waals surface area contributed by atoms with Crippen molar-refractivity contribution in [2.75, 3.05) is 13.1 Å². The van der Waals surface area contributed by atoms with Crippen LogP contribution < -0.4 is 5.32 Å². The zero-order valence-corrected chi connectivity index (χ0v) is 12.2. The smallest absolute Gasteiger partial charge is 0.317 e. The van der Waals surface area contributed by atoms with Gasteiger partial charge in [-0.3, -0.25) is 4.98 Å². The van der Waals surface area contributed by atoms with Crippen molar-refractivity contribution in [2.24, 2.45) is 0 Å². The molecule has 1 aliphatic rings. The van der Waals surface area contributed by atoms with E-state index in [0.29, 0.717) is 13.1 Å². The quantitative estimate of drug-likeness (QED) is 0.936. The molecule has 5 nitrogen and oxygen atoms in total. The van der Waals surface area contributed by atoms with Crippen LogP contribution in [-0.4, -0.2) is 33.6 Å². The highest BCUT2D eigenvalue weighted by molar-refractivity contribution is 5.74. The number of fused-ring (bicyclic) bond motifs is 1. The number of hydrogen-bond acceptors (Lipinski definition) is 2. The Balaban J connectivity index is 1.50. The molecule has 21 heavy (non-hydrogen) atoms. The van der Waals surface area contributed by atoms with E-state index in [1.807, 2.05) is 30.0 Å². The number of nitrogens with one attached hydrogen (secondary N) is 1. The number of carbonyl (C=O) groups excluding carboxylic acids is 1. The van der Waals surface area contributed by atoms with Crippen molar-refractivity contribution in [1.82, 2.24) is 19.8 Å². The Labute approximate surface area is 124 Å². The number of aromatic nitrogens is 2. The monoisotopic (exact) mass is 284 g/mol. The number of nitrogens with zero attached hydrogens (tertiary/aromatic N) is 3. The highest BCUT2D eigenvalue weighted by Crippen LogP contribution is 2.12. The van der Waals surface area contributed by atoms with Crippen molar-refractivity contribution >= 4 is 6.03 Å². The summed E-state index contributed by atoms with van der Waals surface area (Å²) in [5.74, 6) is 0. The van der Waals surface area contributed by atoms with E-state index in [-0.39, 0.29) is 6.03 Å². The molecule has 0 aromatic carbocycles. The third kappa shape index (κ3) is 3.07. The fourth-order valence-electron chi connectivity index (χ4n) is 2.67. The molecule has 0 aliphatic carbocycles. The van der Waals surface area contributed by atoms with E-state index < -0.39 is 0 Å². The van der Waals surface area contributed by atoms with Crippen LogP contribution in [0.15, 0.2) is 36.7 Å². The third-order valence-corrected chi connectivity index (χ3v) is 3.93. The first-order valence-corrected chi connectivity index (χ1v) is 7.31. The van der Waals surface area contributed by atoms with Crippen molar-refractivity contribution in [3.05, 3.63) is 53.6 Å². The van der Waals surface area contributed by atoms with E-state index in [4.69, 9.17) is 0 Å². The number of hydrogen-bond donors (Lipinski definition) is 1. The van der Waals surface area contributed by atoms with Crippen LogP contribution in [0.4, 0.5) is 4.79 Å². The molecule has 3 rings (SSSR count). The Bertz CT molecular complexity index is 635. The Morgan fingerprint density at radius 3 is 3.10 bits per heavy atom. The fourth-order valence-corrected chi connectivity index (χ4v) is 2.67. The first-order chi connectivity index (χ1) is 10.2. The van der Waals surface area contributed by atoms with Crippen molar-refractivity contribution in [3.8, 4) is 0 Å². The maximum absolute atomic E-state index is 12.2. The van der Waals surface area contributed by atoms with Gasteiger partial charge in [0.25, 0.3) is 0 Å². The van der Waals surface area contributed by atoms with Gasteiger partial charge in [0.2, 0.25) is 0 Å². The zero-order chi connectivity index (χ0) is 14.7. The average Bonchev–Trinajstić information content (AvgIpc) is 2.96. The van der Waals surface area contributed by atoms with E-state index in [0.717, 1.165) is 25.2 Å². The van der Waals surface area contributed by atoms with Crippen LogP contribution in [0.3, 0.4) is 0 Å². The van der Waals surface area contributed by atoms with Gasteiger partial charge in [0.15, 0.2) is 0 Å². The molecule has 5 heteroatoms. The number of amides is 2. The van der Waals surface area contributed by atoms with Crippen LogP contribution in [0.25, 0.3) is 0 Å². The normalized spacial score (nSPS) is 13.9. The second kappa shape index (κ2) is 5.99. The zero-order valence-electron chi connectivity index (χ0n) is 12.2. The summed E-state index contributed by atoms with van der Waals surface area (Å²) < 4.78 is 2.20. The number of pyridine rings is 1. The lowest BCUT2D eigenvalue weighted by Gasteiger charge is -2.28. The summed E-state index contributed by atoms with van der Waals surface area (Å²) in [4.78, 5) is 18.4. The fraction of sp³-hybridized carbons (Fsp3) is 0.375. The summed E-state index contributed by atoms with van der Waals surface area (Å²) >= 11 is 0. The molecule has 0 radical (unpaired) electrons. The van der Waals surface area contributed by atoms with Gasteiger partial charge >= 0.3 is 6.03 Å². The number of carbonyl (C=O) groups is 1.